The second kappa shape index (κ2) is 9.12. The molecule has 0 aliphatic carbocycles. The Morgan fingerprint density at radius 2 is 1.04 bits per heavy atom. The molecule has 2 aromatic rings. The maximum atomic E-state index is 12.2. The number of carbonyl (C=O) groups is 2. The fourth-order valence-corrected chi connectivity index (χ4v) is 2.65. The first-order valence-corrected chi connectivity index (χ1v) is 8.56. The molecule has 1 heterocycles. The minimum absolute atomic E-state index is 0.129. The summed E-state index contributed by atoms with van der Waals surface area (Å²) in [5.74, 6) is -0.517. The number of amides is 2. The van der Waals surface area contributed by atoms with E-state index in [1.54, 1.807) is 0 Å². The van der Waals surface area contributed by atoms with Crippen LogP contribution in [0.5, 0.6) is 0 Å². The summed E-state index contributed by atoms with van der Waals surface area (Å²) in [7, 11) is 0. The van der Waals surface area contributed by atoms with Crippen LogP contribution in [-0.2, 0) is 32.3 Å². The first kappa shape index (κ1) is 18.1. The van der Waals surface area contributed by atoms with E-state index in [-0.39, 0.29) is 25.0 Å². The predicted octanol–water partition coefficient (Wildman–Crippen LogP) is 1.40. The van der Waals surface area contributed by atoms with E-state index in [9.17, 15) is 9.59 Å². The third-order valence-corrected chi connectivity index (χ3v) is 4.06. The number of rotatable bonds is 8. The molecule has 136 valence electrons. The highest BCUT2D eigenvalue weighted by Gasteiger charge is 2.33. The summed E-state index contributed by atoms with van der Waals surface area (Å²) in [6.07, 6.45) is 0. The van der Waals surface area contributed by atoms with Crippen molar-refractivity contribution in [2.75, 3.05) is 13.2 Å². The number of nitrogens with one attached hydrogen (secondary N) is 2. The highest BCUT2D eigenvalue weighted by Crippen LogP contribution is 2.05. The van der Waals surface area contributed by atoms with Crippen molar-refractivity contribution in [3.05, 3.63) is 71.8 Å². The molecule has 6 nitrogen and oxygen atoms in total. The molecular formula is C20H22N2O4. The van der Waals surface area contributed by atoms with E-state index in [1.807, 2.05) is 60.7 Å². The molecule has 1 saturated heterocycles. The molecule has 1 aliphatic rings. The Kier molecular flexibility index (Phi) is 6.35. The Balaban J connectivity index is 1.40. The van der Waals surface area contributed by atoms with Crippen molar-refractivity contribution in [3.63, 3.8) is 0 Å². The number of hydrogen-bond acceptors (Lipinski definition) is 4. The summed E-state index contributed by atoms with van der Waals surface area (Å²) < 4.78 is 11.1. The average Bonchev–Trinajstić information content (AvgIpc) is 2.67. The monoisotopic (exact) mass is 354 g/mol. The lowest BCUT2D eigenvalue weighted by atomic mass is 10.1. The molecule has 0 unspecified atom stereocenters. The molecule has 0 saturated carbocycles. The van der Waals surface area contributed by atoms with Crippen molar-refractivity contribution in [2.45, 2.75) is 25.3 Å². The van der Waals surface area contributed by atoms with Gasteiger partial charge in [0, 0.05) is 0 Å². The second-order valence-corrected chi connectivity index (χ2v) is 6.12. The van der Waals surface area contributed by atoms with E-state index >= 15 is 0 Å². The predicted molar refractivity (Wildman–Crippen MR) is 96.1 cm³/mol. The Morgan fingerprint density at radius 1 is 0.654 bits per heavy atom. The first-order chi connectivity index (χ1) is 12.7. The van der Waals surface area contributed by atoms with Gasteiger partial charge in [0.05, 0.1) is 26.4 Å². The molecule has 2 amide bonds. The average molecular weight is 354 g/mol. The third kappa shape index (κ3) is 5.15. The van der Waals surface area contributed by atoms with Gasteiger partial charge >= 0.3 is 0 Å². The smallest absolute Gasteiger partial charge is 0.245 e. The van der Waals surface area contributed by atoms with Crippen molar-refractivity contribution in [2.24, 2.45) is 0 Å². The lowest BCUT2D eigenvalue weighted by molar-refractivity contribution is -0.140. The van der Waals surface area contributed by atoms with Gasteiger partial charge in [-0.05, 0) is 11.1 Å². The van der Waals surface area contributed by atoms with Gasteiger partial charge in [0.15, 0.2) is 0 Å². The van der Waals surface area contributed by atoms with Gasteiger partial charge in [0.2, 0.25) is 11.8 Å². The highest BCUT2D eigenvalue weighted by atomic mass is 16.5. The fraction of sp³-hybridized carbons (Fsp3) is 0.300. The molecule has 1 fully saturated rings. The summed E-state index contributed by atoms with van der Waals surface area (Å²) >= 11 is 0. The normalized spacial score (nSPS) is 19.7. The maximum Gasteiger partial charge on any atom is 0.245 e. The maximum absolute atomic E-state index is 12.2. The quantitative estimate of drug-likeness (QED) is 0.751. The van der Waals surface area contributed by atoms with Gasteiger partial charge in [-0.2, -0.15) is 0 Å². The molecule has 1 aliphatic heterocycles. The van der Waals surface area contributed by atoms with Gasteiger partial charge in [0.25, 0.3) is 0 Å². The Hall–Kier alpha value is -2.70. The van der Waals surface area contributed by atoms with Gasteiger partial charge in [-0.3, -0.25) is 9.59 Å². The molecule has 0 aromatic heterocycles. The van der Waals surface area contributed by atoms with Crippen molar-refractivity contribution >= 4 is 11.8 Å². The van der Waals surface area contributed by atoms with Gasteiger partial charge in [-0.1, -0.05) is 60.7 Å². The molecule has 2 aromatic carbocycles. The van der Waals surface area contributed by atoms with E-state index in [0.29, 0.717) is 13.2 Å². The highest BCUT2D eigenvalue weighted by molar-refractivity contribution is 5.97. The van der Waals surface area contributed by atoms with Crippen molar-refractivity contribution in [1.82, 2.24) is 10.6 Å². The Bertz CT molecular complexity index is 658. The summed E-state index contributed by atoms with van der Waals surface area (Å²) in [5.41, 5.74) is 2.03. The van der Waals surface area contributed by atoms with Crippen LogP contribution < -0.4 is 10.6 Å². The van der Waals surface area contributed by atoms with Crippen LogP contribution in [0.1, 0.15) is 11.1 Å². The van der Waals surface area contributed by atoms with Crippen LogP contribution in [0.25, 0.3) is 0 Å². The molecular weight excluding hydrogens is 332 g/mol. The van der Waals surface area contributed by atoms with Crippen LogP contribution in [0.3, 0.4) is 0 Å². The fourth-order valence-electron chi connectivity index (χ4n) is 2.65. The standard InChI is InChI=1S/C20H22N2O4/c23-19-17(13-25-11-15-7-3-1-4-8-15)21-20(24)18(22-19)14-26-12-16-9-5-2-6-10-16/h1-10,17-18H,11-14H2,(H,21,24)(H,22,23)/t17-,18-/m0/s1. The van der Waals surface area contributed by atoms with Gasteiger partial charge < -0.3 is 20.1 Å². The topological polar surface area (TPSA) is 76.7 Å². The van der Waals surface area contributed by atoms with E-state index in [1.165, 1.54) is 0 Å². The number of carbonyl (C=O) groups excluding carboxylic acids is 2. The minimum atomic E-state index is -0.684. The lowest BCUT2D eigenvalue weighted by Gasteiger charge is -2.29. The zero-order valence-corrected chi connectivity index (χ0v) is 14.4. The van der Waals surface area contributed by atoms with Crippen LogP contribution in [0.15, 0.2) is 60.7 Å². The molecule has 0 radical (unpaired) electrons. The van der Waals surface area contributed by atoms with E-state index < -0.39 is 12.1 Å². The summed E-state index contributed by atoms with van der Waals surface area (Å²) in [5, 5.41) is 5.39. The molecule has 6 heteroatoms. The zero-order chi connectivity index (χ0) is 18.2. The Labute approximate surface area is 152 Å². The van der Waals surface area contributed by atoms with Crippen LogP contribution in [0, 0.1) is 0 Å². The van der Waals surface area contributed by atoms with Crippen LogP contribution in [-0.4, -0.2) is 37.1 Å². The first-order valence-electron chi connectivity index (χ1n) is 8.56. The zero-order valence-electron chi connectivity index (χ0n) is 14.4. The van der Waals surface area contributed by atoms with Crippen molar-refractivity contribution in [1.29, 1.82) is 0 Å². The molecule has 3 rings (SSSR count). The van der Waals surface area contributed by atoms with Gasteiger partial charge in [-0.25, -0.2) is 0 Å². The third-order valence-electron chi connectivity index (χ3n) is 4.06. The number of benzene rings is 2. The summed E-state index contributed by atoms with van der Waals surface area (Å²) in [6.45, 7) is 1.04. The molecule has 0 spiro atoms. The number of piperazine rings is 1. The molecule has 26 heavy (non-hydrogen) atoms. The van der Waals surface area contributed by atoms with E-state index in [4.69, 9.17) is 9.47 Å². The largest absolute Gasteiger partial charge is 0.374 e. The summed E-state index contributed by atoms with van der Waals surface area (Å²) in [6, 6.07) is 18.0. The lowest BCUT2D eigenvalue weighted by Crippen LogP contribution is -2.64. The molecule has 2 N–H and O–H groups in total. The summed E-state index contributed by atoms with van der Waals surface area (Å²) in [4.78, 5) is 24.3. The Morgan fingerprint density at radius 3 is 1.42 bits per heavy atom. The molecule has 2 atom stereocenters. The van der Waals surface area contributed by atoms with Crippen LogP contribution in [0.2, 0.25) is 0 Å². The SMILES string of the molecule is O=C1N[C@@H](COCc2ccccc2)C(=O)N[C@H]1COCc1ccccc1. The van der Waals surface area contributed by atoms with Gasteiger partial charge in [-0.15, -0.1) is 0 Å². The molecule has 0 bridgehead atoms. The van der Waals surface area contributed by atoms with Gasteiger partial charge in [0.1, 0.15) is 12.1 Å². The minimum Gasteiger partial charge on any atom is -0.374 e. The van der Waals surface area contributed by atoms with Crippen molar-refractivity contribution in [3.8, 4) is 0 Å². The van der Waals surface area contributed by atoms with Crippen LogP contribution in [0.4, 0.5) is 0 Å². The van der Waals surface area contributed by atoms with E-state index in [2.05, 4.69) is 10.6 Å². The van der Waals surface area contributed by atoms with E-state index in [0.717, 1.165) is 11.1 Å². The number of ether oxygens (including phenoxy) is 2. The van der Waals surface area contributed by atoms with Crippen LogP contribution >= 0.6 is 0 Å². The van der Waals surface area contributed by atoms with Crippen molar-refractivity contribution < 1.29 is 19.1 Å². The number of hydrogen-bond donors (Lipinski definition) is 2. The second-order valence-electron chi connectivity index (χ2n) is 6.12.